The second kappa shape index (κ2) is 11.0. The largest absolute Gasteiger partial charge is 0.493 e. The van der Waals surface area contributed by atoms with Crippen molar-refractivity contribution in [3.63, 3.8) is 0 Å². The number of para-hydroxylation sites is 1. The summed E-state index contributed by atoms with van der Waals surface area (Å²) in [5.41, 5.74) is 0.196. The summed E-state index contributed by atoms with van der Waals surface area (Å²) >= 11 is 0. The van der Waals surface area contributed by atoms with Crippen LogP contribution in [0.3, 0.4) is 0 Å². The summed E-state index contributed by atoms with van der Waals surface area (Å²) in [6, 6.07) is 4.45. The molecule has 1 N–H and O–H groups in total. The fourth-order valence-electron chi connectivity index (χ4n) is 1.73. The van der Waals surface area contributed by atoms with E-state index in [1.165, 1.54) is 32.4 Å². The van der Waals surface area contributed by atoms with E-state index in [2.05, 4.69) is 10.1 Å². The lowest BCUT2D eigenvalue weighted by molar-refractivity contribution is -0.143. The fourth-order valence-corrected chi connectivity index (χ4v) is 1.73. The third-order valence-corrected chi connectivity index (χ3v) is 2.81. The maximum absolute atomic E-state index is 12.5. The van der Waals surface area contributed by atoms with Gasteiger partial charge in [0.05, 0.1) is 13.7 Å². The van der Waals surface area contributed by atoms with Crippen molar-refractivity contribution in [2.45, 2.75) is 6.61 Å². The number of methoxy groups -OCH3 is 2. The number of rotatable bonds is 10. The zero-order valence-corrected chi connectivity index (χ0v) is 13.8. The van der Waals surface area contributed by atoms with E-state index in [1.54, 1.807) is 6.07 Å². The van der Waals surface area contributed by atoms with Gasteiger partial charge in [-0.2, -0.15) is 8.78 Å². The number of carbonyl (C=O) groups excluding carboxylic acids is 2. The van der Waals surface area contributed by atoms with Crippen LogP contribution in [0.25, 0.3) is 6.08 Å². The van der Waals surface area contributed by atoms with Gasteiger partial charge in [0, 0.05) is 25.3 Å². The molecule has 0 atom stereocenters. The quantitative estimate of drug-likeness (QED) is 0.388. The van der Waals surface area contributed by atoms with Crippen LogP contribution >= 0.6 is 0 Å². The van der Waals surface area contributed by atoms with E-state index in [4.69, 9.17) is 14.2 Å². The maximum atomic E-state index is 12.5. The highest BCUT2D eigenvalue weighted by Gasteiger charge is 2.14. The number of benzene rings is 1. The van der Waals surface area contributed by atoms with E-state index in [1.807, 2.05) is 0 Å². The van der Waals surface area contributed by atoms with Gasteiger partial charge in [-0.3, -0.25) is 4.79 Å². The number of amides is 1. The Labute approximate surface area is 143 Å². The molecule has 0 aliphatic carbocycles. The standard InChI is InChI=1S/C16H19F2NO6/c1-22-9-8-19-13(20)10-24-14(21)7-6-11-4-3-5-12(23-2)15(11)25-16(17)18/h3-7,16H,8-10H2,1-2H3,(H,19,20)/b7-6+. The molecule has 0 unspecified atom stereocenters. The first-order valence-electron chi connectivity index (χ1n) is 7.20. The average molecular weight is 359 g/mol. The summed E-state index contributed by atoms with van der Waals surface area (Å²) in [5.74, 6) is -1.41. The zero-order valence-electron chi connectivity index (χ0n) is 13.8. The van der Waals surface area contributed by atoms with E-state index in [-0.39, 0.29) is 17.1 Å². The van der Waals surface area contributed by atoms with Crippen LogP contribution in [0.4, 0.5) is 8.78 Å². The van der Waals surface area contributed by atoms with Crippen molar-refractivity contribution in [2.24, 2.45) is 0 Å². The minimum Gasteiger partial charge on any atom is -0.493 e. The molecule has 0 saturated carbocycles. The molecule has 1 amide bonds. The molecule has 7 nitrogen and oxygen atoms in total. The monoisotopic (exact) mass is 359 g/mol. The van der Waals surface area contributed by atoms with Crippen molar-refractivity contribution in [1.82, 2.24) is 5.32 Å². The van der Waals surface area contributed by atoms with E-state index in [9.17, 15) is 18.4 Å². The van der Waals surface area contributed by atoms with E-state index >= 15 is 0 Å². The molecular formula is C16H19F2NO6. The number of hydrogen-bond donors (Lipinski definition) is 1. The van der Waals surface area contributed by atoms with Crippen LogP contribution in [0.15, 0.2) is 24.3 Å². The summed E-state index contributed by atoms with van der Waals surface area (Å²) in [6.45, 7) is -2.89. The predicted molar refractivity (Wildman–Crippen MR) is 84.5 cm³/mol. The van der Waals surface area contributed by atoms with Gasteiger partial charge >= 0.3 is 12.6 Å². The fraction of sp³-hybridized carbons (Fsp3) is 0.375. The van der Waals surface area contributed by atoms with Crippen molar-refractivity contribution >= 4 is 18.0 Å². The normalized spacial score (nSPS) is 10.8. The van der Waals surface area contributed by atoms with Crippen molar-refractivity contribution in [3.05, 3.63) is 29.8 Å². The van der Waals surface area contributed by atoms with Gasteiger partial charge in [-0.05, 0) is 12.1 Å². The molecule has 0 spiro atoms. The van der Waals surface area contributed by atoms with E-state index < -0.39 is 25.1 Å². The second-order valence-electron chi connectivity index (χ2n) is 4.54. The first-order chi connectivity index (χ1) is 12.0. The van der Waals surface area contributed by atoms with Crippen LogP contribution in [-0.4, -0.2) is 52.5 Å². The Hall–Kier alpha value is -2.68. The summed E-state index contributed by atoms with van der Waals surface area (Å²) < 4.78 is 43.9. The van der Waals surface area contributed by atoms with Gasteiger partial charge in [0.15, 0.2) is 18.1 Å². The van der Waals surface area contributed by atoms with Gasteiger partial charge in [0.25, 0.3) is 5.91 Å². The minimum absolute atomic E-state index is 0.0911. The molecule has 0 aromatic heterocycles. The smallest absolute Gasteiger partial charge is 0.387 e. The zero-order chi connectivity index (χ0) is 18.7. The van der Waals surface area contributed by atoms with Crippen LogP contribution in [-0.2, 0) is 19.1 Å². The summed E-state index contributed by atoms with van der Waals surface area (Å²) in [7, 11) is 2.79. The molecule has 1 aromatic rings. The van der Waals surface area contributed by atoms with Gasteiger partial charge in [-0.1, -0.05) is 12.1 Å². The molecule has 0 saturated heterocycles. The first-order valence-corrected chi connectivity index (χ1v) is 7.20. The molecule has 138 valence electrons. The van der Waals surface area contributed by atoms with Crippen LogP contribution < -0.4 is 14.8 Å². The number of hydrogen-bond acceptors (Lipinski definition) is 6. The molecule has 0 aliphatic rings. The molecule has 25 heavy (non-hydrogen) atoms. The third kappa shape index (κ3) is 7.62. The number of nitrogens with one attached hydrogen (secondary N) is 1. The predicted octanol–water partition coefficient (Wildman–Crippen LogP) is 1.62. The molecule has 0 radical (unpaired) electrons. The Morgan fingerprint density at radius 2 is 2.04 bits per heavy atom. The summed E-state index contributed by atoms with van der Waals surface area (Å²) in [4.78, 5) is 23.0. The molecule has 1 aromatic carbocycles. The number of esters is 1. The van der Waals surface area contributed by atoms with Crippen LogP contribution in [0.5, 0.6) is 11.5 Å². The highest BCUT2D eigenvalue weighted by atomic mass is 19.3. The Morgan fingerprint density at radius 3 is 2.68 bits per heavy atom. The molecule has 0 heterocycles. The average Bonchev–Trinajstić information content (AvgIpc) is 2.58. The summed E-state index contributed by atoms with van der Waals surface area (Å²) in [6.07, 6.45) is 2.22. The number of alkyl halides is 2. The van der Waals surface area contributed by atoms with E-state index in [0.29, 0.717) is 13.2 Å². The van der Waals surface area contributed by atoms with Crippen molar-refractivity contribution in [1.29, 1.82) is 0 Å². The van der Waals surface area contributed by atoms with Crippen molar-refractivity contribution in [2.75, 3.05) is 34.0 Å². The minimum atomic E-state index is -3.05. The van der Waals surface area contributed by atoms with E-state index in [0.717, 1.165) is 6.08 Å². The SMILES string of the molecule is COCCNC(=O)COC(=O)/C=C/c1cccc(OC)c1OC(F)F. The Kier molecular flexibility index (Phi) is 8.94. The highest BCUT2D eigenvalue weighted by molar-refractivity contribution is 5.89. The molecule has 0 aliphatic heterocycles. The number of halogens is 2. The third-order valence-electron chi connectivity index (χ3n) is 2.81. The molecule has 1 rings (SSSR count). The lowest BCUT2D eigenvalue weighted by atomic mass is 10.1. The first kappa shape index (κ1) is 20.4. The second-order valence-corrected chi connectivity index (χ2v) is 4.54. The highest BCUT2D eigenvalue weighted by Crippen LogP contribution is 2.33. The number of carbonyl (C=O) groups is 2. The number of ether oxygens (including phenoxy) is 4. The molecule has 0 fully saturated rings. The van der Waals surface area contributed by atoms with Gasteiger partial charge in [-0.25, -0.2) is 4.79 Å². The van der Waals surface area contributed by atoms with Crippen molar-refractivity contribution in [3.8, 4) is 11.5 Å². The molecular weight excluding hydrogens is 340 g/mol. The van der Waals surface area contributed by atoms with Gasteiger partial charge in [0.2, 0.25) is 0 Å². The van der Waals surface area contributed by atoms with Crippen molar-refractivity contribution < 1.29 is 37.3 Å². The molecule has 9 heteroatoms. The lowest BCUT2D eigenvalue weighted by Crippen LogP contribution is -2.31. The van der Waals surface area contributed by atoms with Gasteiger partial charge < -0.3 is 24.3 Å². The van der Waals surface area contributed by atoms with Gasteiger partial charge in [-0.15, -0.1) is 0 Å². The maximum Gasteiger partial charge on any atom is 0.387 e. The Balaban J connectivity index is 2.65. The van der Waals surface area contributed by atoms with Crippen LogP contribution in [0, 0.1) is 0 Å². The summed E-state index contributed by atoms with van der Waals surface area (Å²) in [5, 5.41) is 2.47. The van der Waals surface area contributed by atoms with Crippen LogP contribution in [0.1, 0.15) is 5.56 Å². The Bertz CT molecular complexity index is 606. The Morgan fingerprint density at radius 1 is 1.28 bits per heavy atom. The topological polar surface area (TPSA) is 83.1 Å². The van der Waals surface area contributed by atoms with Crippen LogP contribution in [0.2, 0.25) is 0 Å². The van der Waals surface area contributed by atoms with Gasteiger partial charge in [0.1, 0.15) is 0 Å². The lowest BCUT2D eigenvalue weighted by Gasteiger charge is -2.12. The molecule has 0 bridgehead atoms.